The molecule has 0 saturated carbocycles. The van der Waals surface area contributed by atoms with Crippen molar-refractivity contribution < 1.29 is 4.74 Å². The molecule has 1 heteroatoms. The maximum Gasteiger partial charge on any atom is 0.0828 e. The van der Waals surface area contributed by atoms with E-state index in [0.29, 0.717) is 12.0 Å². The van der Waals surface area contributed by atoms with Gasteiger partial charge in [0.2, 0.25) is 0 Å². The highest BCUT2D eigenvalue weighted by atomic mass is 16.5. The third kappa shape index (κ3) is 1.11. The largest absolute Gasteiger partial charge is 0.373 e. The molecule has 1 fully saturated rings. The second kappa shape index (κ2) is 2.85. The van der Waals surface area contributed by atoms with E-state index in [1.165, 1.54) is 24.8 Å². The molecular weight excluding hydrogens is 160 g/mol. The van der Waals surface area contributed by atoms with E-state index in [9.17, 15) is 0 Å². The maximum absolute atomic E-state index is 5.83. The Balaban J connectivity index is 2.15. The first-order valence-corrected chi connectivity index (χ1v) is 5.15. The Morgan fingerprint density at radius 2 is 1.92 bits per heavy atom. The fraction of sp³-hybridized carbons (Fsp3) is 0.500. The van der Waals surface area contributed by atoms with Gasteiger partial charge in [-0.05, 0) is 30.4 Å². The van der Waals surface area contributed by atoms with E-state index < -0.39 is 0 Å². The molecule has 2 heterocycles. The van der Waals surface area contributed by atoms with Gasteiger partial charge >= 0.3 is 0 Å². The van der Waals surface area contributed by atoms with E-state index in [4.69, 9.17) is 4.74 Å². The molecule has 1 aliphatic carbocycles. The third-order valence-corrected chi connectivity index (χ3v) is 3.30. The van der Waals surface area contributed by atoms with Crippen molar-refractivity contribution in [3.63, 3.8) is 0 Å². The first-order valence-electron chi connectivity index (χ1n) is 5.15. The Bertz CT molecular complexity index is 284. The summed E-state index contributed by atoms with van der Waals surface area (Å²) in [6.45, 7) is 0.946. The highest BCUT2D eigenvalue weighted by Crippen LogP contribution is 2.42. The van der Waals surface area contributed by atoms with E-state index in [1.54, 1.807) is 5.56 Å². The predicted octanol–water partition coefficient (Wildman–Crippen LogP) is 3.03. The van der Waals surface area contributed by atoms with Gasteiger partial charge in [0.15, 0.2) is 0 Å². The van der Waals surface area contributed by atoms with Crippen LogP contribution < -0.4 is 0 Å². The quantitative estimate of drug-likeness (QED) is 0.587. The summed E-state index contributed by atoms with van der Waals surface area (Å²) < 4.78 is 5.83. The highest BCUT2D eigenvalue weighted by molar-refractivity contribution is 5.35. The first kappa shape index (κ1) is 7.57. The van der Waals surface area contributed by atoms with Crippen molar-refractivity contribution >= 4 is 0 Å². The van der Waals surface area contributed by atoms with Gasteiger partial charge < -0.3 is 4.74 Å². The number of rotatable bonds is 0. The van der Waals surface area contributed by atoms with Crippen LogP contribution in [0.2, 0.25) is 0 Å². The summed E-state index contributed by atoms with van der Waals surface area (Å²) in [4.78, 5) is 0. The normalized spacial score (nSPS) is 31.1. The lowest BCUT2D eigenvalue weighted by atomic mass is 9.91. The zero-order chi connectivity index (χ0) is 8.67. The highest BCUT2D eigenvalue weighted by Gasteiger charge is 2.30. The average molecular weight is 174 g/mol. The fourth-order valence-corrected chi connectivity index (χ4v) is 2.62. The summed E-state index contributed by atoms with van der Waals surface area (Å²) >= 11 is 0. The lowest BCUT2D eigenvalue weighted by molar-refractivity contribution is 0.0380. The Morgan fingerprint density at radius 1 is 1.08 bits per heavy atom. The SMILES string of the molecule is c1ccc2c(c1)C1CCCC2OC1. The third-order valence-electron chi connectivity index (χ3n) is 3.30. The number of ether oxygens (including phenoxy) is 1. The van der Waals surface area contributed by atoms with Gasteiger partial charge in [0.05, 0.1) is 12.7 Å². The van der Waals surface area contributed by atoms with Crippen molar-refractivity contribution in [1.29, 1.82) is 0 Å². The minimum absolute atomic E-state index is 0.398. The lowest BCUT2D eigenvalue weighted by Gasteiger charge is -2.27. The van der Waals surface area contributed by atoms with Gasteiger partial charge in [0.25, 0.3) is 0 Å². The lowest BCUT2D eigenvalue weighted by Crippen LogP contribution is -2.17. The molecule has 2 aliphatic heterocycles. The van der Waals surface area contributed by atoms with E-state index in [0.717, 1.165) is 6.61 Å². The molecule has 3 aliphatic rings. The van der Waals surface area contributed by atoms with E-state index in [1.807, 2.05) is 0 Å². The molecule has 0 spiro atoms. The Morgan fingerprint density at radius 3 is 2.85 bits per heavy atom. The Labute approximate surface area is 78.7 Å². The predicted molar refractivity (Wildman–Crippen MR) is 51.7 cm³/mol. The van der Waals surface area contributed by atoms with Crippen LogP contribution in [0.3, 0.4) is 0 Å². The molecule has 0 radical (unpaired) electrons. The van der Waals surface area contributed by atoms with Crippen LogP contribution in [0.25, 0.3) is 0 Å². The molecule has 2 unspecified atom stereocenters. The summed E-state index contributed by atoms with van der Waals surface area (Å²) in [5, 5.41) is 0. The number of hydrogen-bond donors (Lipinski definition) is 0. The minimum atomic E-state index is 0.398. The van der Waals surface area contributed by atoms with Gasteiger partial charge in [0, 0.05) is 5.92 Å². The van der Waals surface area contributed by atoms with Crippen molar-refractivity contribution in [3.8, 4) is 0 Å². The second-order valence-electron chi connectivity index (χ2n) is 4.08. The zero-order valence-electron chi connectivity index (χ0n) is 7.70. The summed E-state index contributed by atoms with van der Waals surface area (Å²) in [6, 6.07) is 8.79. The second-order valence-corrected chi connectivity index (χ2v) is 4.08. The van der Waals surface area contributed by atoms with Gasteiger partial charge in [-0.1, -0.05) is 24.3 Å². The molecule has 2 bridgehead atoms. The molecule has 13 heavy (non-hydrogen) atoms. The van der Waals surface area contributed by atoms with Crippen LogP contribution in [0.5, 0.6) is 0 Å². The molecule has 1 aromatic rings. The molecule has 1 nitrogen and oxygen atoms in total. The molecule has 68 valence electrons. The van der Waals surface area contributed by atoms with E-state index in [2.05, 4.69) is 24.3 Å². The van der Waals surface area contributed by atoms with Crippen LogP contribution in [0.4, 0.5) is 0 Å². The molecule has 2 atom stereocenters. The van der Waals surface area contributed by atoms with Crippen LogP contribution in [0.15, 0.2) is 24.3 Å². The van der Waals surface area contributed by atoms with Gasteiger partial charge in [-0.2, -0.15) is 0 Å². The zero-order valence-corrected chi connectivity index (χ0v) is 7.70. The standard InChI is InChI=1S/C12H14O/c1-2-6-11-10(5-1)9-4-3-7-12(11)13-8-9/h1-2,5-6,9,12H,3-4,7-8H2. The van der Waals surface area contributed by atoms with Crippen LogP contribution in [0.1, 0.15) is 42.4 Å². The van der Waals surface area contributed by atoms with Crippen molar-refractivity contribution in [2.45, 2.75) is 31.3 Å². The van der Waals surface area contributed by atoms with E-state index >= 15 is 0 Å². The topological polar surface area (TPSA) is 9.23 Å². The maximum atomic E-state index is 5.83. The van der Waals surface area contributed by atoms with Crippen LogP contribution >= 0.6 is 0 Å². The van der Waals surface area contributed by atoms with E-state index in [-0.39, 0.29) is 0 Å². The molecule has 1 aromatic carbocycles. The molecule has 0 N–H and O–H groups in total. The Hall–Kier alpha value is -0.820. The van der Waals surface area contributed by atoms with Gasteiger partial charge in [-0.3, -0.25) is 0 Å². The molecule has 4 rings (SSSR count). The average Bonchev–Trinajstić information content (AvgIpc) is 2.52. The smallest absolute Gasteiger partial charge is 0.0828 e. The summed E-state index contributed by atoms with van der Waals surface area (Å²) in [5.74, 6) is 0.676. The van der Waals surface area contributed by atoms with Crippen molar-refractivity contribution in [2.24, 2.45) is 0 Å². The number of fused-ring (bicyclic) bond motifs is 3. The van der Waals surface area contributed by atoms with Crippen LogP contribution in [-0.2, 0) is 4.74 Å². The van der Waals surface area contributed by atoms with Gasteiger partial charge in [0.1, 0.15) is 0 Å². The fourth-order valence-electron chi connectivity index (χ4n) is 2.62. The first-order chi connectivity index (χ1) is 6.45. The molecular formula is C12H14O. The van der Waals surface area contributed by atoms with Gasteiger partial charge in [-0.15, -0.1) is 0 Å². The monoisotopic (exact) mass is 174 g/mol. The summed E-state index contributed by atoms with van der Waals surface area (Å²) in [5.41, 5.74) is 3.01. The summed E-state index contributed by atoms with van der Waals surface area (Å²) in [6.07, 6.45) is 4.25. The minimum Gasteiger partial charge on any atom is -0.373 e. The summed E-state index contributed by atoms with van der Waals surface area (Å²) in [7, 11) is 0. The molecule has 0 amide bonds. The molecule has 0 aromatic heterocycles. The van der Waals surface area contributed by atoms with Crippen molar-refractivity contribution in [1.82, 2.24) is 0 Å². The van der Waals surface area contributed by atoms with Crippen LogP contribution in [-0.4, -0.2) is 6.61 Å². The van der Waals surface area contributed by atoms with Gasteiger partial charge in [-0.25, -0.2) is 0 Å². The number of benzene rings is 1. The van der Waals surface area contributed by atoms with Crippen LogP contribution in [0, 0.1) is 0 Å². The van der Waals surface area contributed by atoms with Crippen molar-refractivity contribution in [3.05, 3.63) is 35.4 Å². The molecule has 1 saturated heterocycles. The number of hydrogen-bond acceptors (Lipinski definition) is 1. The van der Waals surface area contributed by atoms with Crippen molar-refractivity contribution in [2.75, 3.05) is 6.61 Å². The Kier molecular flexibility index (Phi) is 1.66.